The molecule has 0 N–H and O–H groups in total. The van der Waals surface area contributed by atoms with E-state index in [9.17, 15) is 0 Å². The van der Waals surface area contributed by atoms with Crippen LogP contribution in [0.3, 0.4) is 0 Å². The molecule has 2 aromatic carbocycles. The van der Waals surface area contributed by atoms with E-state index in [-0.39, 0.29) is 0 Å². The second-order valence-corrected chi connectivity index (χ2v) is 7.21. The van der Waals surface area contributed by atoms with Gasteiger partial charge in [0, 0.05) is 0 Å². The van der Waals surface area contributed by atoms with E-state index in [1.807, 2.05) is 67.0 Å². The molecule has 0 atom stereocenters. The Morgan fingerprint density at radius 2 is 1.89 bits per heavy atom. The van der Waals surface area contributed by atoms with Crippen molar-refractivity contribution in [3.05, 3.63) is 71.3 Å². The molecule has 7 nitrogen and oxygen atoms in total. The van der Waals surface area contributed by atoms with Gasteiger partial charge in [0.25, 0.3) is 0 Å². The zero-order valence-corrected chi connectivity index (χ0v) is 15.9. The fourth-order valence-corrected chi connectivity index (χ4v) is 3.77. The minimum atomic E-state index is 0.563. The number of ether oxygens (including phenoxy) is 1. The first-order valence-corrected chi connectivity index (χ1v) is 9.55. The summed E-state index contributed by atoms with van der Waals surface area (Å²) in [7, 11) is 1.66. The van der Waals surface area contributed by atoms with Crippen molar-refractivity contribution < 1.29 is 4.74 Å². The van der Waals surface area contributed by atoms with Crippen LogP contribution < -0.4 is 4.74 Å². The van der Waals surface area contributed by atoms with Crippen LogP contribution >= 0.6 is 11.3 Å². The van der Waals surface area contributed by atoms with Crippen LogP contribution in [0.4, 0.5) is 0 Å². The van der Waals surface area contributed by atoms with Crippen molar-refractivity contribution in [2.45, 2.75) is 6.54 Å². The van der Waals surface area contributed by atoms with E-state index in [1.54, 1.807) is 11.6 Å². The molecule has 0 aliphatic carbocycles. The van der Waals surface area contributed by atoms with Crippen LogP contribution in [0.5, 0.6) is 5.75 Å². The summed E-state index contributed by atoms with van der Waals surface area (Å²) < 4.78 is 9.04. The third kappa shape index (κ3) is 3.03. The van der Waals surface area contributed by atoms with Gasteiger partial charge < -0.3 is 9.30 Å². The van der Waals surface area contributed by atoms with Crippen LogP contribution in [-0.4, -0.2) is 36.5 Å². The first-order valence-electron chi connectivity index (χ1n) is 8.73. The van der Waals surface area contributed by atoms with Crippen LogP contribution in [0.2, 0.25) is 0 Å². The van der Waals surface area contributed by atoms with E-state index in [4.69, 9.17) is 4.74 Å². The van der Waals surface area contributed by atoms with Gasteiger partial charge in [0.1, 0.15) is 10.8 Å². The summed E-state index contributed by atoms with van der Waals surface area (Å²) in [5.74, 6) is 1.62. The maximum atomic E-state index is 5.18. The standard InChI is InChI=1S/C20H16N6OS/c1-27-15-9-6-14(7-10-15)8-11-19-24-26-18(22-23-20(26)28-19)12-25-13-21-16-4-2-3-5-17(16)25/h2-11,13H,12H2,1H3/b11-8+. The molecule has 0 fully saturated rings. The molecule has 0 spiro atoms. The average molecular weight is 388 g/mol. The topological polar surface area (TPSA) is 70.1 Å². The number of imidazole rings is 1. The summed E-state index contributed by atoms with van der Waals surface area (Å²) in [6.07, 6.45) is 5.83. The number of hydrogen-bond acceptors (Lipinski definition) is 6. The molecular formula is C20H16N6OS. The molecule has 8 heteroatoms. The molecule has 0 saturated carbocycles. The second kappa shape index (κ2) is 6.90. The summed E-state index contributed by atoms with van der Waals surface area (Å²) in [6.45, 7) is 0.563. The Kier molecular flexibility index (Phi) is 4.10. The van der Waals surface area contributed by atoms with Gasteiger partial charge in [-0.1, -0.05) is 41.7 Å². The summed E-state index contributed by atoms with van der Waals surface area (Å²) in [5, 5.41) is 14.1. The van der Waals surface area contributed by atoms with Gasteiger partial charge in [-0.3, -0.25) is 0 Å². The number of rotatable bonds is 5. The van der Waals surface area contributed by atoms with Gasteiger partial charge >= 0.3 is 0 Å². The van der Waals surface area contributed by atoms with E-state index in [0.29, 0.717) is 6.54 Å². The maximum Gasteiger partial charge on any atom is 0.235 e. The van der Waals surface area contributed by atoms with E-state index >= 15 is 0 Å². The second-order valence-electron chi connectivity index (χ2n) is 6.22. The van der Waals surface area contributed by atoms with Gasteiger partial charge in [0.15, 0.2) is 5.82 Å². The predicted octanol–water partition coefficient (Wildman–Crippen LogP) is 3.76. The van der Waals surface area contributed by atoms with Crippen molar-refractivity contribution in [1.29, 1.82) is 0 Å². The summed E-state index contributed by atoms with van der Waals surface area (Å²) in [6, 6.07) is 15.9. The molecule has 0 bridgehead atoms. The number of fused-ring (bicyclic) bond motifs is 2. The number of methoxy groups -OCH3 is 1. The molecule has 28 heavy (non-hydrogen) atoms. The number of para-hydroxylation sites is 2. The van der Waals surface area contributed by atoms with Gasteiger partial charge in [-0.05, 0) is 35.9 Å². The minimum Gasteiger partial charge on any atom is -0.497 e. The molecule has 138 valence electrons. The van der Waals surface area contributed by atoms with Gasteiger partial charge in [0.05, 0.1) is 31.0 Å². The average Bonchev–Trinajstić information content (AvgIpc) is 3.43. The molecule has 0 unspecified atom stereocenters. The quantitative estimate of drug-likeness (QED) is 0.458. The smallest absolute Gasteiger partial charge is 0.235 e. The van der Waals surface area contributed by atoms with Crippen LogP contribution in [0.1, 0.15) is 16.4 Å². The van der Waals surface area contributed by atoms with Crippen LogP contribution in [0.25, 0.3) is 28.1 Å². The highest BCUT2D eigenvalue weighted by Crippen LogP contribution is 2.19. The Morgan fingerprint density at radius 1 is 1.04 bits per heavy atom. The normalized spacial score (nSPS) is 11.8. The Labute approximate surface area is 164 Å². The van der Waals surface area contributed by atoms with Crippen LogP contribution in [-0.2, 0) is 6.54 Å². The molecular weight excluding hydrogens is 372 g/mol. The van der Waals surface area contributed by atoms with Crippen LogP contribution in [0, 0.1) is 0 Å². The van der Waals surface area contributed by atoms with Gasteiger partial charge in [-0.15, -0.1) is 10.2 Å². The van der Waals surface area contributed by atoms with Gasteiger partial charge in [-0.25, -0.2) is 4.98 Å². The largest absolute Gasteiger partial charge is 0.497 e. The molecule has 0 amide bonds. The van der Waals surface area contributed by atoms with Crippen molar-refractivity contribution in [2.75, 3.05) is 7.11 Å². The first-order chi connectivity index (χ1) is 13.8. The first kappa shape index (κ1) is 16.6. The molecule has 5 aromatic rings. The van der Waals surface area contributed by atoms with E-state index in [1.165, 1.54) is 11.3 Å². The van der Waals surface area contributed by atoms with Crippen molar-refractivity contribution in [3.63, 3.8) is 0 Å². The number of nitrogens with zero attached hydrogens (tertiary/aromatic N) is 6. The third-order valence-electron chi connectivity index (χ3n) is 4.44. The third-order valence-corrected chi connectivity index (χ3v) is 5.31. The monoisotopic (exact) mass is 388 g/mol. The molecule has 3 heterocycles. The van der Waals surface area contributed by atoms with Crippen molar-refractivity contribution in [3.8, 4) is 5.75 Å². The van der Waals surface area contributed by atoms with E-state index in [2.05, 4.69) is 24.8 Å². The highest BCUT2D eigenvalue weighted by molar-refractivity contribution is 7.17. The fourth-order valence-electron chi connectivity index (χ4n) is 3.01. The van der Waals surface area contributed by atoms with Crippen LogP contribution in [0.15, 0.2) is 54.9 Å². The van der Waals surface area contributed by atoms with E-state index < -0.39 is 0 Å². The lowest BCUT2D eigenvalue weighted by molar-refractivity contribution is 0.415. The predicted molar refractivity (Wildman–Crippen MR) is 109 cm³/mol. The molecule has 3 aromatic heterocycles. The molecule has 5 rings (SSSR count). The SMILES string of the molecule is COc1ccc(/C=C/c2nn3c(Cn4cnc5ccccc54)nnc3s2)cc1. The van der Waals surface area contributed by atoms with Crippen molar-refractivity contribution in [2.24, 2.45) is 0 Å². The number of hydrogen-bond donors (Lipinski definition) is 0. The van der Waals surface area contributed by atoms with Gasteiger partial charge in [-0.2, -0.15) is 9.61 Å². The Bertz CT molecular complexity index is 1280. The Balaban J connectivity index is 1.41. The summed E-state index contributed by atoms with van der Waals surface area (Å²) >= 11 is 1.50. The summed E-state index contributed by atoms with van der Waals surface area (Å²) in [4.78, 5) is 5.20. The lowest BCUT2D eigenvalue weighted by Gasteiger charge is -2.01. The Hall–Kier alpha value is -3.52. The fraction of sp³-hybridized carbons (Fsp3) is 0.100. The molecule has 0 saturated heterocycles. The van der Waals surface area contributed by atoms with Gasteiger partial charge in [0.2, 0.25) is 4.96 Å². The number of benzene rings is 2. The molecule has 0 aliphatic heterocycles. The van der Waals surface area contributed by atoms with E-state index in [0.717, 1.165) is 38.1 Å². The molecule has 0 aliphatic rings. The minimum absolute atomic E-state index is 0.563. The zero-order valence-electron chi connectivity index (χ0n) is 15.1. The maximum absolute atomic E-state index is 5.18. The Morgan fingerprint density at radius 3 is 2.75 bits per heavy atom. The highest BCUT2D eigenvalue weighted by atomic mass is 32.1. The van der Waals surface area contributed by atoms with Crippen molar-refractivity contribution in [1.82, 2.24) is 29.4 Å². The zero-order chi connectivity index (χ0) is 18.9. The molecule has 0 radical (unpaired) electrons. The van der Waals surface area contributed by atoms with Crippen molar-refractivity contribution >= 4 is 39.5 Å². The summed E-state index contributed by atoms with van der Waals surface area (Å²) in [5.41, 5.74) is 3.11. The number of aromatic nitrogens is 6. The lowest BCUT2D eigenvalue weighted by atomic mass is 10.2. The lowest BCUT2D eigenvalue weighted by Crippen LogP contribution is -2.04. The highest BCUT2D eigenvalue weighted by Gasteiger charge is 2.12.